The van der Waals surface area contributed by atoms with Gasteiger partial charge in [-0.25, -0.2) is 0 Å². The van der Waals surface area contributed by atoms with Gasteiger partial charge in [0.25, 0.3) is 5.69 Å². The fraction of sp³-hybridized carbons (Fsp3) is 0. The first-order chi connectivity index (χ1) is 16.7. The highest BCUT2D eigenvalue weighted by Crippen LogP contribution is 2.47. The lowest BCUT2D eigenvalue weighted by molar-refractivity contribution is -0.384. The van der Waals surface area contributed by atoms with Gasteiger partial charge in [-0.1, -0.05) is 78.9 Å². The Hall–Kier alpha value is -4.70. The van der Waals surface area contributed by atoms with Crippen LogP contribution in [0.5, 0.6) is 0 Å². The van der Waals surface area contributed by atoms with Crippen molar-refractivity contribution < 1.29 is 4.92 Å². The minimum atomic E-state index is -0.311. The molecule has 0 N–H and O–H groups in total. The molecule has 34 heavy (non-hydrogen) atoms. The Labute approximate surface area is 195 Å². The maximum Gasteiger partial charge on any atom is 0.277 e. The molecule has 5 aromatic carbocycles. The van der Waals surface area contributed by atoms with Gasteiger partial charge < -0.3 is 4.57 Å². The van der Waals surface area contributed by atoms with Gasteiger partial charge in [0.15, 0.2) is 0 Å². The van der Waals surface area contributed by atoms with Crippen LogP contribution < -0.4 is 0 Å². The van der Waals surface area contributed by atoms with Crippen LogP contribution in [0, 0.1) is 10.1 Å². The van der Waals surface area contributed by atoms with Crippen LogP contribution in [-0.2, 0) is 0 Å². The van der Waals surface area contributed by atoms with Crippen molar-refractivity contribution in [2.24, 2.45) is 0 Å². The summed E-state index contributed by atoms with van der Waals surface area (Å²) in [6.45, 7) is 0. The molecule has 1 aromatic heterocycles. The average molecular weight is 438 g/mol. The van der Waals surface area contributed by atoms with Crippen LogP contribution in [-0.4, -0.2) is 9.49 Å². The van der Waals surface area contributed by atoms with Crippen LogP contribution in [0.3, 0.4) is 0 Å². The first-order valence-electron chi connectivity index (χ1n) is 11.2. The van der Waals surface area contributed by atoms with Crippen molar-refractivity contribution in [1.29, 1.82) is 0 Å². The number of fused-ring (bicyclic) bond motifs is 8. The van der Waals surface area contributed by atoms with Crippen LogP contribution in [0.4, 0.5) is 5.69 Å². The Morgan fingerprint density at radius 1 is 0.588 bits per heavy atom. The first kappa shape index (κ1) is 18.8. The van der Waals surface area contributed by atoms with E-state index in [2.05, 4.69) is 83.4 Å². The Morgan fingerprint density at radius 3 is 2.18 bits per heavy atom. The topological polar surface area (TPSA) is 48.1 Å². The van der Waals surface area contributed by atoms with Gasteiger partial charge in [-0.15, -0.1) is 0 Å². The summed E-state index contributed by atoms with van der Waals surface area (Å²) in [6.07, 6.45) is 0. The summed E-state index contributed by atoms with van der Waals surface area (Å²) in [5, 5.41) is 14.1. The minimum absolute atomic E-state index is 0.115. The molecule has 4 heteroatoms. The van der Waals surface area contributed by atoms with Crippen molar-refractivity contribution in [1.82, 2.24) is 4.57 Å². The van der Waals surface area contributed by atoms with E-state index in [-0.39, 0.29) is 10.6 Å². The van der Waals surface area contributed by atoms with E-state index in [9.17, 15) is 10.1 Å². The van der Waals surface area contributed by atoms with Crippen LogP contribution in [0.1, 0.15) is 0 Å². The van der Waals surface area contributed by atoms with Crippen molar-refractivity contribution in [3.63, 3.8) is 0 Å². The van der Waals surface area contributed by atoms with Crippen molar-refractivity contribution in [3.8, 4) is 39.1 Å². The van der Waals surface area contributed by atoms with E-state index < -0.39 is 0 Å². The molecule has 0 saturated carbocycles. The molecule has 2 heterocycles. The van der Waals surface area contributed by atoms with Crippen LogP contribution in [0.2, 0.25) is 0 Å². The van der Waals surface area contributed by atoms with E-state index in [1.54, 1.807) is 12.1 Å². The number of hydrogen-bond donors (Lipinski definition) is 0. The number of benzene rings is 5. The molecule has 0 fully saturated rings. The maximum atomic E-state index is 11.7. The van der Waals surface area contributed by atoms with Crippen LogP contribution in [0.25, 0.3) is 60.9 Å². The van der Waals surface area contributed by atoms with E-state index in [1.165, 1.54) is 16.3 Å². The Kier molecular flexibility index (Phi) is 3.82. The van der Waals surface area contributed by atoms with E-state index in [1.807, 2.05) is 18.2 Å². The van der Waals surface area contributed by atoms with E-state index in [0.29, 0.717) is 5.56 Å². The summed E-state index contributed by atoms with van der Waals surface area (Å²) in [6, 6.07) is 36.6. The molecule has 4 nitrogen and oxygen atoms in total. The Morgan fingerprint density at radius 2 is 1.29 bits per heavy atom. The Bertz CT molecular complexity index is 1800. The quantitative estimate of drug-likeness (QED) is 0.203. The van der Waals surface area contributed by atoms with Gasteiger partial charge in [0.05, 0.1) is 27.2 Å². The molecule has 1 aliphatic rings. The molecule has 0 unspecified atom stereocenters. The lowest BCUT2D eigenvalue weighted by Gasteiger charge is -2.13. The van der Waals surface area contributed by atoms with Crippen molar-refractivity contribution in [3.05, 3.63) is 119 Å². The second kappa shape index (κ2) is 6.90. The zero-order valence-corrected chi connectivity index (χ0v) is 18.1. The summed E-state index contributed by atoms with van der Waals surface area (Å²) in [7, 11) is 0. The first-order valence-corrected chi connectivity index (χ1v) is 11.2. The minimum Gasteiger partial charge on any atom is -0.308 e. The third-order valence-corrected chi connectivity index (χ3v) is 6.85. The molecule has 0 bridgehead atoms. The molecule has 0 radical (unpaired) electrons. The average Bonchev–Trinajstić information content (AvgIpc) is 3.16. The van der Waals surface area contributed by atoms with Gasteiger partial charge in [0, 0.05) is 28.0 Å². The highest BCUT2D eigenvalue weighted by molar-refractivity contribution is 6.16. The summed E-state index contributed by atoms with van der Waals surface area (Å²) in [4.78, 5) is 11.4. The highest BCUT2D eigenvalue weighted by Gasteiger charge is 2.25. The van der Waals surface area contributed by atoms with Crippen molar-refractivity contribution >= 4 is 27.5 Å². The highest BCUT2D eigenvalue weighted by atomic mass is 16.6. The smallest absolute Gasteiger partial charge is 0.277 e. The summed E-state index contributed by atoms with van der Waals surface area (Å²) in [5.41, 5.74) is 9.52. The molecule has 160 valence electrons. The molecule has 0 amide bonds. The normalized spacial score (nSPS) is 11.8. The number of nitrogens with zero attached hydrogens (tertiary/aromatic N) is 2. The van der Waals surface area contributed by atoms with Gasteiger partial charge in [-0.2, -0.15) is 0 Å². The summed E-state index contributed by atoms with van der Waals surface area (Å²) in [5.74, 6) is 0. The number of nitro benzene ring substituents is 1. The second-order valence-electron chi connectivity index (χ2n) is 8.61. The molecule has 0 saturated heterocycles. The second-order valence-corrected chi connectivity index (χ2v) is 8.61. The van der Waals surface area contributed by atoms with Gasteiger partial charge in [0.2, 0.25) is 0 Å². The zero-order valence-electron chi connectivity index (χ0n) is 18.1. The molecule has 0 spiro atoms. The van der Waals surface area contributed by atoms with Gasteiger partial charge in [-0.05, 0) is 41.0 Å². The number of aromatic nitrogens is 1. The third kappa shape index (κ3) is 2.48. The zero-order chi connectivity index (χ0) is 22.8. The molecular weight excluding hydrogens is 420 g/mol. The monoisotopic (exact) mass is 438 g/mol. The molecule has 0 aliphatic carbocycles. The maximum absolute atomic E-state index is 11.7. The molecule has 7 rings (SSSR count). The molecule has 0 atom stereocenters. The number of nitro groups is 1. The molecular formula is C30H18N2O2. The van der Waals surface area contributed by atoms with Crippen LogP contribution in [0.15, 0.2) is 109 Å². The predicted molar refractivity (Wildman–Crippen MR) is 137 cm³/mol. The lowest BCUT2D eigenvalue weighted by atomic mass is 9.90. The van der Waals surface area contributed by atoms with E-state index >= 15 is 0 Å². The fourth-order valence-electron chi connectivity index (χ4n) is 5.43. The number of rotatable bonds is 2. The SMILES string of the molecule is O=[N+]([O-])c1ccccc1-c1ccc2c(c1)-c1cccc3c4ccccc4n(c13)-c1ccccc1-2. The number of para-hydroxylation sites is 4. The lowest BCUT2D eigenvalue weighted by Crippen LogP contribution is -1.95. The van der Waals surface area contributed by atoms with Crippen molar-refractivity contribution in [2.45, 2.75) is 0 Å². The predicted octanol–water partition coefficient (Wildman–Crippen LogP) is 8.01. The van der Waals surface area contributed by atoms with Gasteiger partial charge in [0.1, 0.15) is 0 Å². The van der Waals surface area contributed by atoms with Gasteiger partial charge in [-0.3, -0.25) is 10.1 Å². The number of hydrogen-bond acceptors (Lipinski definition) is 2. The van der Waals surface area contributed by atoms with E-state index in [4.69, 9.17) is 0 Å². The standard InChI is InChI=1S/C30H18N2O2/c33-32(34)29-15-6-1-8-20(29)19-16-17-21-22-9-2-4-13-27(22)31-28-14-5-3-10-23(28)24-11-7-12-25(30(24)31)26(21)18-19/h1-18H. The Balaban J connectivity index is 1.64. The largest absolute Gasteiger partial charge is 0.308 e. The summed E-state index contributed by atoms with van der Waals surface area (Å²) < 4.78 is 2.36. The summed E-state index contributed by atoms with van der Waals surface area (Å²) >= 11 is 0. The third-order valence-electron chi connectivity index (χ3n) is 6.85. The van der Waals surface area contributed by atoms with Crippen molar-refractivity contribution in [2.75, 3.05) is 0 Å². The molecule has 1 aliphatic heterocycles. The molecule has 6 aromatic rings. The van der Waals surface area contributed by atoms with E-state index in [0.717, 1.165) is 39.0 Å². The van der Waals surface area contributed by atoms with Crippen LogP contribution >= 0.6 is 0 Å². The fourth-order valence-corrected chi connectivity index (χ4v) is 5.43. The van der Waals surface area contributed by atoms with Gasteiger partial charge >= 0.3 is 0 Å².